The lowest BCUT2D eigenvalue weighted by atomic mass is 9.94. The molecule has 0 bridgehead atoms. The zero-order valence-corrected chi connectivity index (χ0v) is 15.2. The first kappa shape index (κ1) is 18.0. The van der Waals surface area contributed by atoms with E-state index >= 15 is 0 Å². The summed E-state index contributed by atoms with van der Waals surface area (Å²) in [6.07, 6.45) is 0.965. The summed E-state index contributed by atoms with van der Waals surface area (Å²) >= 11 is 7.66. The molecular weight excluding hydrogens is 335 g/mol. The minimum atomic E-state index is -0.401. The van der Waals surface area contributed by atoms with Crippen molar-refractivity contribution in [2.75, 3.05) is 0 Å². The van der Waals surface area contributed by atoms with Gasteiger partial charge in [0.2, 0.25) is 0 Å². The van der Waals surface area contributed by atoms with Gasteiger partial charge in [-0.25, -0.2) is 9.37 Å². The summed E-state index contributed by atoms with van der Waals surface area (Å²) in [5.41, 5.74) is 1.23. The fourth-order valence-electron chi connectivity index (χ4n) is 2.34. The van der Waals surface area contributed by atoms with Crippen molar-refractivity contribution in [1.82, 2.24) is 9.97 Å². The Kier molecular flexibility index (Phi) is 5.87. The molecule has 6 heteroatoms. The van der Waals surface area contributed by atoms with Crippen LogP contribution in [0.2, 0.25) is 5.02 Å². The third kappa shape index (κ3) is 3.96. The van der Waals surface area contributed by atoms with Crippen LogP contribution in [0.5, 0.6) is 0 Å². The number of rotatable bonds is 5. The molecule has 2 rings (SSSR count). The van der Waals surface area contributed by atoms with Crippen LogP contribution >= 0.6 is 23.4 Å². The van der Waals surface area contributed by atoms with Crippen LogP contribution in [0.4, 0.5) is 4.39 Å². The Hall–Kier alpha value is -1.33. The van der Waals surface area contributed by atoms with Crippen LogP contribution in [0.3, 0.4) is 0 Å². The van der Waals surface area contributed by atoms with E-state index in [1.807, 2.05) is 6.92 Å². The number of hydrogen-bond acceptors (Lipinski definition) is 3. The second kappa shape index (κ2) is 7.49. The average molecular weight is 355 g/mol. The average Bonchev–Trinajstić information content (AvgIpc) is 2.50. The molecule has 2 aromatic rings. The Labute approximate surface area is 144 Å². The molecule has 0 saturated carbocycles. The molecule has 0 saturated heterocycles. The first-order valence-electron chi connectivity index (χ1n) is 7.56. The van der Waals surface area contributed by atoms with E-state index in [0.717, 1.165) is 6.42 Å². The van der Waals surface area contributed by atoms with E-state index in [9.17, 15) is 9.18 Å². The summed E-state index contributed by atoms with van der Waals surface area (Å²) in [7, 11) is 0. The molecule has 1 heterocycles. The number of nitrogens with one attached hydrogen (secondary N) is 1. The van der Waals surface area contributed by atoms with E-state index in [-0.39, 0.29) is 11.4 Å². The summed E-state index contributed by atoms with van der Waals surface area (Å²) in [5.74, 6) is -0.787. The van der Waals surface area contributed by atoms with E-state index in [2.05, 4.69) is 23.8 Å². The second-order valence-corrected chi connectivity index (χ2v) is 7.41. The highest BCUT2D eigenvalue weighted by Gasteiger charge is 2.22. The van der Waals surface area contributed by atoms with Crippen molar-refractivity contribution in [3.63, 3.8) is 0 Å². The second-order valence-electron chi connectivity index (χ2n) is 5.58. The van der Waals surface area contributed by atoms with Crippen molar-refractivity contribution in [3.8, 4) is 0 Å². The van der Waals surface area contributed by atoms with Gasteiger partial charge >= 0.3 is 0 Å². The number of aromatic nitrogens is 2. The van der Waals surface area contributed by atoms with Crippen LogP contribution in [0.1, 0.15) is 49.9 Å². The summed E-state index contributed by atoms with van der Waals surface area (Å²) in [6, 6.07) is 4.58. The van der Waals surface area contributed by atoms with Gasteiger partial charge < -0.3 is 4.98 Å². The molecule has 0 fully saturated rings. The number of H-pyrrole nitrogens is 1. The maximum atomic E-state index is 14.2. The zero-order chi connectivity index (χ0) is 17.1. The molecule has 1 aromatic heterocycles. The Balaban J connectivity index is 2.51. The number of thioether (sulfide) groups is 1. The van der Waals surface area contributed by atoms with Crippen molar-refractivity contribution in [2.24, 2.45) is 0 Å². The predicted molar refractivity (Wildman–Crippen MR) is 94.1 cm³/mol. The van der Waals surface area contributed by atoms with Gasteiger partial charge in [-0.3, -0.25) is 4.79 Å². The van der Waals surface area contributed by atoms with Crippen LogP contribution < -0.4 is 5.56 Å². The van der Waals surface area contributed by atoms with Gasteiger partial charge in [-0.2, -0.15) is 0 Å². The quantitative estimate of drug-likeness (QED) is 0.612. The van der Waals surface area contributed by atoms with Gasteiger partial charge in [0.25, 0.3) is 5.56 Å². The molecule has 3 nitrogen and oxygen atoms in total. The summed E-state index contributed by atoms with van der Waals surface area (Å²) in [5, 5.41) is 1.24. The summed E-state index contributed by atoms with van der Waals surface area (Å²) in [4.78, 5) is 19.5. The number of benzene rings is 1. The van der Waals surface area contributed by atoms with Crippen LogP contribution in [0.25, 0.3) is 0 Å². The Morgan fingerprint density at radius 1 is 1.39 bits per heavy atom. The molecule has 23 heavy (non-hydrogen) atoms. The van der Waals surface area contributed by atoms with Gasteiger partial charge in [-0.1, -0.05) is 50.2 Å². The van der Waals surface area contributed by atoms with E-state index < -0.39 is 5.92 Å². The standard InChI is InChI=1S/C17H20ClFN2OS/c1-5-9(2)23-17-20-15(11(4)16(22)21-17)10(3)14-12(18)7-6-8-13(14)19/h6-10H,5H2,1-4H3,(H,20,21,22)/t9-,10+/m1/s1. The van der Waals surface area contributed by atoms with Crippen molar-refractivity contribution in [3.05, 3.63) is 56.2 Å². The highest BCUT2D eigenvalue weighted by Crippen LogP contribution is 2.33. The predicted octanol–water partition coefficient (Wildman–Crippen LogP) is 4.91. The van der Waals surface area contributed by atoms with Crippen molar-refractivity contribution < 1.29 is 4.39 Å². The lowest BCUT2D eigenvalue weighted by Crippen LogP contribution is -2.19. The molecule has 2 atom stereocenters. The molecule has 124 valence electrons. The summed E-state index contributed by atoms with van der Waals surface area (Å²) in [6.45, 7) is 7.66. The van der Waals surface area contributed by atoms with Gasteiger partial charge in [0, 0.05) is 27.3 Å². The monoisotopic (exact) mass is 354 g/mol. The van der Waals surface area contributed by atoms with Crippen molar-refractivity contribution >= 4 is 23.4 Å². The maximum absolute atomic E-state index is 14.2. The van der Waals surface area contributed by atoms with Crippen LogP contribution in [-0.4, -0.2) is 15.2 Å². The van der Waals surface area contributed by atoms with Gasteiger partial charge in [-0.05, 0) is 25.5 Å². The Morgan fingerprint density at radius 2 is 2.09 bits per heavy atom. The number of nitrogens with zero attached hydrogens (tertiary/aromatic N) is 1. The molecule has 1 aromatic carbocycles. The van der Waals surface area contributed by atoms with Gasteiger partial charge in [0.1, 0.15) is 5.82 Å². The first-order chi connectivity index (χ1) is 10.8. The smallest absolute Gasteiger partial charge is 0.254 e. The molecule has 1 N–H and O–H groups in total. The summed E-state index contributed by atoms with van der Waals surface area (Å²) < 4.78 is 14.2. The largest absolute Gasteiger partial charge is 0.301 e. The zero-order valence-electron chi connectivity index (χ0n) is 13.6. The van der Waals surface area contributed by atoms with E-state index in [0.29, 0.717) is 32.2 Å². The molecule has 0 amide bonds. The topological polar surface area (TPSA) is 45.8 Å². The highest BCUT2D eigenvalue weighted by molar-refractivity contribution is 7.99. The third-order valence-corrected chi connectivity index (χ3v) is 5.38. The van der Waals surface area contributed by atoms with E-state index in [1.54, 1.807) is 19.1 Å². The maximum Gasteiger partial charge on any atom is 0.254 e. The van der Waals surface area contributed by atoms with Crippen molar-refractivity contribution in [2.45, 2.75) is 50.4 Å². The lowest BCUT2D eigenvalue weighted by molar-refractivity contribution is 0.598. The molecule has 0 spiro atoms. The minimum absolute atomic E-state index is 0.194. The molecule has 0 aliphatic heterocycles. The molecule has 0 aliphatic rings. The first-order valence-corrected chi connectivity index (χ1v) is 8.82. The molecule has 0 aliphatic carbocycles. The SMILES string of the molecule is CC[C@@H](C)Sc1nc([C@@H](C)c2c(F)cccc2Cl)c(C)c(=O)[nH]1. The third-order valence-electron chi connectivity index (χ3n) is 3.90. The van der Waals surface area contributed by atoms with Crippen LogP contribution in [-0.2, 0) is 0 Å². The lowest BCUT2D eigenvalue weighted by Gasteiger charge is -2.17. The molecule has 0 unspecified atom stereocenters. The normalized spacial score (nSPS) is 13.8. The van der Waals surface area contributed by atoms with Gasteiger partial charge in [0.15, 0.2) is 5.16 Å². The minimum Gasteiger partial charge on any atom is -0.301 e. The van der Waals surface area contributed by atoms with E-state index in [1.165, 1.54) is 17.8 Å². The Morgan fingerprint density at radius 3 is 2.70 bits per heavy atom. The number of halogens is 2. The fourth-order valence-corrected chi connectivity index (χ4v) is 3.52. The number of hydrogen-bond donors (Lipinski definition) is 1. The fraction of sp³-hybridized carbons (Fsp3) is 0.412. The molecule has 0 radical (unpaired) electrons. The highest BCUT2D eigenvalue weighted by atomic mass is 35.5. The molecular formula is C17H20ClFN2OS. The van der Waals surface area contributed by atoms with Crippen molar-refractivity contribution in [1.29, 1.82) is 0 Å². The van der Waals surface area contributed by atoms with Crippen LogP contribution in [0.15, 0.2) is 28.2 Å². The van der Waals surface area contributed by atoms with Gasteiger partial charge in [0.05, 0.1) is 5.69 Å². The van der Waals surface area contributed by atoms with E-state index in [4.69, 9.17) is 11.6 Å². The van der Waals surface area contributed by atoms with Gasteiger partial charge in [-0.15, -0.1) is 0 Å². The Bertz CT molecular complexity index is 742. The van der Waals surface area contributed by atoms with Crippen LogP contribution in [0, 0.1) is 12.7 Å². The number of aromatic amines is 1.